The summed E-state index contributed by atoms with van der Waals surface area (Å²) in [5, 5.41) is 7.66. The third-order valence-corrected chi connectivity index (χ3v) is 2.92. The predicted octanol–water partition coefficient (Wildman–Crippen LogP) is 2.20. The van der Waals surface area contributed by atoms with Crippen LogP contribution >= 0.6 is 0 Å². The van der Waals surface area contributed by atoms with Gasteiger partial charge in [-0.05, 0) is 19.1 Å². The molecule has 1 N–H and O–H groups in total. The number of hydrogen-bond acceptors (Lipinski definition) is 3. The van der Waals surface area contributed by atoms with Crippen LogP contribution in [0.15, 0.2) is 36.5 Å². The van der Waals surface area contributed by atoms with Gasteiger partial charge in [-0.2, -0.15) is 5.10 Å². The molecule has 0 amide bonds. The summed E-state index contributed by atoms with van der Waals surface area (Å²) in [6, 6.07) is 10.1. The highest BCUT2D eigenvalue weighted by Gasteiger charge is 2.03. The van der Waals surface area contributed by atoms with Gasteiger partial charge in [0.05, 0.1) is 12.8 Å². The van der Waals surface area contributed by atoms with Crippen LogP contribution in [0.25, 0.3) is 0 Å². The van der Waals surface area contributed by atoms with Crippen molar-refractivity contribution in [3.05, 3.63) is 47.8 Å². The Hall–Kier alpha value is -1.81. The van der Waals surface area contributed by atoms with E-state index in [1.165, 1.54) is 11.3 Å². The maximum absolute atomic E-state index is 5.32. The third-order valence-electron chi connectivity index (χ3n) is 2.92. The van der Waals surface area contributed by atoms with Crippen molar-refractivity contribution in [1.82, 2.24) is 15.1 Å². The van der Waals surface area contributed by atoms with Gasteiger partial charge in [0, 0.05) is 31.4 Å². The number of rotatable bonds is 6. The molecule has 2 aromatic rings. The fourth-order valence-corrected chi connectivity index (χ4v) is 1.97. The van der Waals surface area contributed by atoms with E-state index in [4.69, 9.17) is 4.74 Å². The van der Waals surface area contributed by atoms with Gasteiger partial charge in [0.1, 0.15) is 5.75 Å². The van der Waals surface area contributed by atoms with Gasteiger partial charge in [-0.1, -0.05) is 18.2 Å². The van der Waals surface area contributed by atoms with Gasteiger partial charge in [-0.25, -0.2) is 0 Å². The van der Waals surface area contributed by atoms with E-state index in [0.29, 0.717) is 0 Å². The Labute approximate surface area is 108 Å². The molecule has 0 spiro atoms. The molecular weight excluding hydrogens is 226 g/mol. The lowest BCUT2D eigenvalue weighted by Gasteiger charge is -2.10. The molecule has 0 aliphatic rings. The molecule has 0 radical (unpaired) electrons. The molecule has 0 saturated heterocycles. The summed E-state index contributed by atoms with van der Waals surface area (Å²) in [6.07, 6.45) is 1.84. The Balaban J connectivity index is 1.92. The summed E-state index contributed by atoms with van der Waals surface area (Å²) in [6.45, 7) is 4.60. The summed E-state index contributed by atoms with van der Waals surface area (Å²) >= 11 is 0. The number of benzene rings is 1. The minimum absolute atomic E-state index is 0.791. The van der Waals surface area contributed by atoms with Gasteiger partial charge in [0.25, 0.3) is 0 Å². The van der Waals surface area contributed by atoms with Crippen LogP contribution in [-0.4, -0.2) is 16.9 Å². The molecule has 4 heteroatoms. The minimum atomic E-state index is 0.791. The lowest BCUT2D eigenvalue weighted by Crippen LogP contribution is -2.16. The van der Waals surface area contributed by atoms with Crippen LogP contribution in [-0.2, 0) is 19.6 Å². The van der Waals surface area contributed by atoms with E-state index < -0.39 is 0 Å². The van der Waals surface area contributed by atoms with E-state index in [0.717, 1.165) is 25.4 Å². The van der Waals surface area contributed by atoms with Crippen LogP contribution in [0.1, 0.15) is 18.2 Å². The van der Waals surface area contributed by atoms with Crippen molar-refractivity contribution in [3.8, 4) is 5.75 Å². The lowest BCUT2D eigenvalue weighted by atomic mass is 10.2. The Bertz CT molecular complexity index is 493. The first kappa shape index (κ1) is 12.6. The average molecular weight is 245 g/mol. The van der Waals surface area contributed by atoms with Crippen LogP contribution in [0.5, 0.6) is 5.75 Å². The SMILES string of the molecule is CCn1nccc1CNCc1ccccc1OC. The van der Waals surface area contributed by atoms with E-state index in [1.807, 2.05) is 35.1 Å². The van der Waals surface area contributed by atoms with Gasteiger partial charge in [0.15, 0.2) is 0 Å². The van der Waals surface area contributed by atoms with Crippen molar-refractivity contribution < 1.29 is 4.74 Å². The molecule has 0 aliphatic carbocycles. The highest BCUT2D eigenvalue weighted by Crippen LogP contribution is 2.16. The molecule has 0 saturated carbocycles. The molecule has 1 heterocycles. The highest BCUT2D eigenvalue weighted by atomic mass is 16.5. The fourth-order valence-electron chi connectivity index (χ4n) is 1.97. The molecule has 0 atom stereocenters. The first-order valence-corrected chi connectivity index (χ1v) is 6.18. The fraction of sp³-hybridized carbons (Fsp3) is 0.357. The normalized spacial score (nSPS) is 10.6. The van der Waals surface area contributed by atoms with Crippen LogP contribution in [0.4, 0.5) is 0 Å². The quantitative estimate of drug-likeness (QED) is 0.848. The highest BCUT2D eigenvalue weighted by molar-refractivity contribution is 5.32. The molecule has 0 aliphatic heterocycles. The molecule has 1 aromatic heterocycles. The summed E-state index contributed by atoms with van der Waals surface area (Å²) in [5.74, 6) is 0.925. The molecule has 1 aromatic carbocycles. The maximum Gasteiger partial charge on any atom is 0.123 e. The number of para-hydroxylation sites is 1. The second kappa shape index (κ2) is 6.21. The standard InChI is InChI=1S/C14H19N3O/c1-3-17-13(8-9-16-17)11-15-10-12-6-4-5-7-14(12)18-2/h4-9,15H,3,10-11H2,1-2H3. The van der Waals surface area contributed by atoms with Gasteiger partial charge in [-0.3, -0.25) is 4.68 Å². The molecule has 0 unspecified atom stereocenters. The topological polar surface area (TPSA) is 39.1 Å². The first-order chi connectivity index (χ1) is 8.85. The number of methoxy groups -OCH3 is 1. The van der Waals surface area contributed by atoms with Crippen molar-refractivity contribution in [2.45, 2.75) is 26.6 Å². The number of aromatic nitrogens is 2. The monoisotopic (exact) mass is 245 g/mol. The second-order valence-electron chi connectivity index (χ2n) is 4.05. The molecule has 96 valence electrons. The largest absolute Gasteiger partial charge is 0.496 e. The third kappa shape index (κ3) is 2.90. The van der Waals surface area contributed by atoms with Crippen molar-refractivity contribution in [2.24, 2.45) is 0 Å². The Morgan fingerprint density at radius 1 is 1.22 bits per heavy atom. The van der Waals surface area contributed by atoms with Crippen molar-refractivity contribution in [3.63, 3.8) is 0 Å². The van der Waals surface area contributed by atoms with E-state index >= 15 is 0 Å². The zero-order valence-electron chi connectivity index (χ0n) is 10.9. The van der Waals surface area contributed by atoms with Gasteiger partial charge in [0.2, 0.25) is 0 Å². The predicted molar refractivity (Wildman–Crippen MR) is 71.4 cm³/mol. The number of hydrogen-bond donors (Lipinski definition) is 1. The maximum atomic E-state index is 5.32. The Kier molecular flexibility index (Phi) is 4.36. The second-order valence-corrected chi connectivity index (χ2v) is 4.05. The number of aryl methyl sites for hydroxylation is 1. The van der Waals surface area contributed by atoms with Gasteiger partial charge in [-0.15, -0.1) is 0 Å². The lowest BCUT2D eigenvalue weighted by molar-refractivity contribution is 0.407. The smallest absolute Gasteiger partial charge is 0.123 e. The van der Waals surface area contributed by atoms with Crippen molar-refractivity contribution in [1.29, 1.82) is 0 Å². The van der Waals surface area contributed by atoms with Crippen molar-refractivity contribution >= 4 is 0 Å². The zero-order valence-corrected chi connectivity index (χ0v) is 10.9. The van der Waals surface area contributed by atoms with E-state index in [2.05, 4.69) is 23.4 Å². The van der Waals surface area contributed by atoms with Crippen LogP contribution in [0.3, 0.4) is 0 Å². The van der Waals surface area contributed by atoms with Crippen LogP contribution in [0.2, 0.25) is 0 Å². The summed E-state index contributed by atoms with van der Waals surface area (Å²) < 4.78 is 7.32. The average Bonchev–Trinajstić information content (AvgIpc) is 2.87. The number of ether oxygens (including phenoxy) is 1. The molecular formula is C14H19N3O. The van der Waals surface area contributed by atoms with Crippen molar-refractivity contribution in [2.75, 3.05) is 7.11 Å². The van der Waals surface area contributed by atoms with Gasteiger partial charge >= 0.3 is 0 Å². The minimum Gasteiger partial charge on any atom is -0.496 e. The van der Waals surface area contributed by atoms with Crippen LogP contribution < -0.4 is 10.1 Å². The molecule has 0 fully saturated rings. The van der Waals surface area contributed by atoms with E-state index in [-0.39, 0.29) is 0 Å². The summed E-state index contributed by atoms with van der Waals surface area (Å²) in [4.78, 5) is 0. The summed E-state index contributed by atoms with van der Waals surface area (Å²) in [5.41, 5.74) is 2.37. The molecule has 0 bridgehead atoms. The molecule has 2 rings (SSSR count). The zero-order chi connectivity index (χ0) is 12.8. The number of nitrogens with one attached hydrogen (secondary N) is 1. The van der Waals surface area contributed by atoms with Gasteiger partial charge < -0.3 is 10.1 Å². The Morgan fingerprint density at radius 2 is 2.06 bits per heavy atom. The number of nitrogens with zero attached hydrogens (tertiary/aromatic N) is 2. The summed E-state index contributed by atoms with van der Waals surface area (Å²) in [7, 11) is 1.70. The first-order valence-electron chi connectivity index (χ1n) is 6.18. The Morgan fingerprint density at radius 3 is 2.83 bits per heavy atom. The van der Waals surface area contributed by atoms with E-state index in [9.17, 15) is 0 Å². The van der Waals surface area contributed by atoms with E-state index in [1.54, 1.807) is 7.11 Å². The molecule has 18 heavy (non-hydrogen) atoms. The molecule has 4 nitrogen and oxygen atoms in total. The van der Waals surface area contributed by atoms with Crippen LogP contribution in [0, 0.1) is 0 Å².